The Hall–Kier alpha value is -3.48. The largest absolute Gasteiger partial charge is 0.481 e. The van der Waals surface area contributed by atoms with E-state index in [0.29, 0.717) is 22.9 Å². The van der Waals surface area contributed by atoms with Gasteiger partial charge in [-0.2, -0.15) is 4.98 Å². The van der Waals surface area contributed by atoms with Crippen molar-refractivity contribution in [2.75, 3.05) is 0 Å². The van der Waals surface area contributed by atoms with Gasteiger partial charge >= 0.3 is 0 Å². The van der Waals surface area contributed by atoms with Gasteiger partial charge in [0, 0.05) is 12.6 Å². The third kappa shape index (κ3) is 3.19. The van der Waals surface area contributed by atoms with Crippen LogP contribution in [-0.4, -0.2) is 19.7 Å². The first-order valence-electron chi connectivity index (χ1n) is 8.56. The van der Waals surface area contributed by atoms with Crippen molar-refractivity contribution in [2.45, 2.75) is 20.0 Å². The lowest BCUT2D eigenvalue weighted by Gasteiger charge is -2.09. The number of para-hydroxylation sites is 1. The van der Waals surface area contributed by atoms with E-state index in [1.807, 2.05) is 55.5 Å². The smallest absolute Gasteiger partial charge is 0.272 e. The van der Waals surface area contributed by atoms with E-state index in [1.54, 1.807) is 18.5 Å². The second-order valence-corrected chi connectivity index (χ2v) is 6.29. The number of ether oxygens (including phenoxy) is 1. The van der Waals surface area contributed by atoms with Crippen LogP contribution in [0.15, 0.2) is 57.8 Å². The highest BCUT2D eigenvalue weighted by molar-refractivity contribution is 5.80. The second-order valence-electron chi connectivity index (χ2n) is 6.29. The molecule has 7 heteroatoms. The number of hydrogen-bond acceptors (Lipinski definition) is 6. The molecule has 0 fully saturated rings. The zero-order valence-electron chi connectivity index (χ0n) is 15.2. The molecule has 4 rings (SSSR count). The summed E-state index contributed by atoms with van der Waals surface area (Å²) in [5.41, 5.74) is 2.55. The molecule has 1 unspecified atom stereocenters. The Bertz CT molecular complexity index is 1170. The number of aryl methyl sites for hydroxylation is 2. The van der Waals surface area contributed by atoms with Crippen molar-refractivity contribution < 1.29 is 9.26 Å². The summed E-state index contributed by atoms with van der Waals surface area (Å²) >= 11 is 0. The topological polar surface area (TPSA) is 83.0 Å². The Labute approximate surface area is 155 Å². The third-order valence-electron chi connectivity index (χ3n) is 4.34. The Balaban J connectivity index is 1.65. The van der Waals surface area contributed by atoms with E-state index in [0.717, 1.165) is 16.8 Å². The molecule has 0 saturated heterocycles. The van der Waals surface area contributed by atoms with Crippen molar-refractivity contribution in [3.05, 3.63) is 70.5 Å². The molecule has 2 aromatic carbocycles. The van der Waals surface area contributed by atoms with Gasteiger partial charge in [0.25, 0.3) is 11.4 Å². The zero-order valence-corrected chi connectivity index (χ0v) is 15.2. The predicted octanol–water partition coefficient (Wildman–Crippen LogP) is 3.43. The molecule has 4 aromatic rings. The molecule has 0 aliphatic rings. The summed E-state index contributed by atoms with van der Waals surface area (Å²) in [6.45, 7) is 3.55. The van der Waals surface area contributed by atoms with Crippen LogP contribution in [0.25, 0.3) is 22.4 Å². The molecule has 0 radical (unpaired) electrons. The first kappa shape index (κ1) is 17.0. The number of aromatic nitrogens is 4. The van der Waals surface area contributed by atoms with E-state index >= 15 is 0 Å². The predicted molar refractivity (Wildman–Crippen MR) is 100 cm³/mol. The maximum Gasteiger partial charge on any atom is 0.272 e. The molecule has 1 atom stereocenters. The molecule has 136 valence electrons. The molecule has 0 bridgehead atoms. The average Bonchev–Trinajstić information content (AvgIpc) is 3.17. The van der Waals surface area contributed by atoms with E-state index in [4.69, 9.17) is 9.26 Å². The van der Waals surface area contributed by atoms with Crippen LogP contribution < -0.4 is 10.3 Å². The normalized spacial score (nSPS) is 12.3. The maximum atomic E-state index is 12.0. The molecule has 2 heterocycles. The van der Waals surface area contributed by atoms with Crippen LogP contribution in [0, 0.1) is 6.92 Å². The van der Waals surface area contributed by atoms with Gasteiger partial charge in [0.2, 0.25) is 5.82 Å². The fraction of sp³-hybridized carbons (Fsp3) is 0.200. The van der Waals surface area contributed by atoms with Crippen LogP contribution in [0.5, 0.6) is 5.75 Å². The summed E-state index contributed by atoms with van der Waals surface area (Å²) in [6.07, 6.45) is -0.379. The van der Waals surface area contributed by atoms with Crippen LogP contribution in [0.2, 0.25) is 0 Å². The highest BCUT2D eigenvalue weighted by Gasteiger charge is 2.17. The number of rotatable bonds is 4. The van der Waals surface area contributed by atoms with Gasteiger partial charge in [-0.1, -0.05) is 23.4 Å². The molecule has 7 nitrogen and oxygen atoms in total. The van der Waals surface area contributed by atoms with Crippen LogP contribution in [0.3, 0.4) is 0 Å². The van der Waals surface area contributed by atoms with E-state index in [2.05, 4.69) is 15.1 Å². The molecular weight excluding hydrogens is 344 g/mol. The third-order valence-corrected chi connectivity index (χ3v) is 4.34. The highest BCUT2D eigenvalue weighted by Crippen LogP contribution is 2.24. The Morgan fingerprint density at radius 2 is 1.89 bits per heavy atom. The van der Waals surface area contributed by atoms with Crippen LogP contribution >= 0.6 is 0 Å². The summed E-state index contributed by atoms with van der Waals surface area (Å²) in [7, 11) is 1.73. The van der Waals surface area contributed by atoms with Gasteiger partial charge in [-0.05, 0) is 44.2 Å². The lowest BCUT2D eigenvalue weighted by atomic mass is 10.1. The van der Waals surface area contributed by atoms with Crippen molar-refractivity contribution in [3.8, 4) is 17.1 Å². The van der Waals surface area contributed by atoms with Crippen molar-refractivity contribution in [1.82, 2.24) is 19.7 Å². The first-order valence-corrected chi connectivity index (χ1v) is 8.56. The van der Waals surface area contributed by atoms with Crippen molar-refractivity contribution >= 4 is 11.0 Å². The summed E-state index contributed by atoms with van der Waals surface area (Å²) in [6, 6.07) is 15.0. The lowest BCUT2D eigenvalue weighted by Crippen LogP contribution is -2.21. The summed E-state index contributed by atoms with van der Waals surface area (Å²) in [5.74, 6) is 1.57. The highest BCUT2D eigenvalue weighted by atomic mass is 16.5. The monoisotopic (exact) mass is 362 g/mol. The average molecular weight is 362 g/mol. The van der Waals surface area contributed by atoms with Crippen LogP contribution in [-0.2, 0) is 7.05 Å². The SMILES string of the molecule is Cc1nc2cc(-c3noc(C(C)Oc4ccccc4)n3)ccc2n(C)c1=O. The first-order chi connectivity index (χ1) is 13.0. The second kappa shape index (κ2) is 6.68. The van der Waals surface area contributed by atoms with Gasteiger partial charge in [0.05, 0.1) is 11.0 Å². The van der Waals surface area contributed by atoms with E-state index in [1.165, 1.54) is 0 Å². The van der Waals surface area contributed by atoms with E-state index in [9.17, 15) is 4.79 Å². The van der Waals surface area contributed by atoms with Gasteiger partial charge in [0.1, 0.15) is 11.4 Å². The molecule has 0 aliphatic carbocycles. The molecule has 0 saturated carbocycles. The van der Waals surface area contributed by atoms with Gasteiger partial charge in [-0.25, -0.2) is 4.98 Å². The van der Waals surface area contributed by atoms with Crippen LogP contribution in [0.4, 0.5) is 0 Å². The minimum atomic E-state index is -0.379. The number of benzene rings is 2. The molecule has 0 amide bonds. The van der Waals surface area contributed by atoms with Crippen molar-refractivity contribution in [3.63, 3.8) is 0 Å². The number of nitrogens with zero attached hydrogens (tertiary/aromatic N) is 4. The quantitative estimate of drug-likeness (QED) is 0.553. The summed E-state index contributed by atoms with van der Waals surface area (Å²) < 4.78 is 12.8. The number of fused-ring (bicyclic) bond motifs is 1. The van der Waals surface area contributed by atoms with Gasteiger partial charge in [0.15, 0.2) is 6.10 Å². The van der Waals surface area contributed by atoms with Gasteiger partial charge in [-0.3, -0.25) is 4.79 Å². The Kier molecular flexibility index (Phi) is 4.19. The molecule has 0 N–H and O–H groups in total. The molecule has 0 aliphatic heterocycles. The van der Waals surface area contributed by atoms with E-state index < -0.39 is 0 Å². The number of hydrogen-bond donors (Lipinski definition) is 0. The Morgan fingerprint density at radius 3 is 2.67 bits per heavy atom. The fourth-order valence-corrected chi connectivity index (χ4v) is 2.89. The standard InChI is InChI=1S/C20H18N4O3/c1-12-20(25)24(3)17-10-9-14(11-16(17)21-12)18-22-19(27-23-18)13(2)26-15-7-5-4-6-8-15/h4-11,13H,1-3H3. The minimum absolute atomic E-state index is 0.107. The zero-order chi connectivity index (χ0) is 19.0. The van der Waals surface area contributed by atoms with Gasteiger partial charge < -0.3 is 13.8 Å². The van der Waals surface area contributed by atoms with Crippen molar-refractivity contribution in [2.24, 2.45) is 7.05 Å². The van der Waals surface area contributed by atoms with Gasteiger partial charge in [-0.15, -0.1) is 0 Å². The minimum Gasteiger partial charge on any atom is -0.481 e. The summed E-state index contributed by atoms with van der Waals surface area (Å²) in [5, 5.41) is 4.06. The molecular formula is C20H18N4O3. The van der Waals surface area contributed by atoms with E-state index in [-0.39, 0.29) is 11.7 Å². The molecule has 0 spiro atoms. The van der Waals surface area contributed by atoms with Crippen LogP contribution in [0.1, 0.15) is 24.6 Å². The molecule has 27 heavy (non-hydrogen) atoms. The Morgan fingerprint density at radius 1 is 1.11 bits per heavy atom. The summed E-state index contributed by atoms with van der Waals surface area (Å²) in [4.78, 5) is 20.8. The lowest BCUT2D eigenvalue weighted by molar-refractivity contribution is 0.176. The maximum absolute atomic E-state index is 12.0. The van der Waals surface area contributed by atoms with Crippen molar-refractivity contribution in [1.29, 1.82) is 0 Å². The fourth-order valence-electron chi connectivity index (χ4n) is 2.89. The molecule has 2 aromatic heterocycles.